The molecule has 8 heteroatoms. The van der Waals surface area contributed by atoms with Gasteiger partial charge in [0.15, 0.2) is 0 Å². The van der Waals surface area contributed by atoms with Crippen LogP contribution in [0.4, 0.5) is 10.5 Å². The summed E-state index contributed by atoms with van der Waals surface area (Å²) in [5.74, 6) is 0.263. The van der Waals surface area contributed by atoms with Gasteiger partial charge in [0.2, 0.25) is 5.91 Å². The third-order valence-corrected chi connectivity index (χ3v) is 4.70. The first-order valence-corrected chi connectivity index (χ1v) is 9.83. The molecule has 0 saturated heterocycles. The summed E-state index contributed by atoms with van der Waals surface area (Å²) < 4.78 is 0. The van der Waals surface area contributed by atoms with Crippen molar-refractivity contribution < 1.29 is 9.59 Å². The van der Waals surface area contributed by atoms with E-state index in [0.29, 0.717) is 11.3 Å². The number of anilines is 1. The summed E-state index contributed by atoms with van der Waals surface area (Å²) in [6.07, 6.45) is 3.21. The van der Waals surface area contributed by atoms with Crippen LogP contribution >= 0.6 is 0 Å². The zero-order chi connectivity index (χ0) is 21.5. The number of H-pyrrole nitrogens is 1. The molecule has 1 heterocycles. The molecule has 0 aliphatic carbocycles. The number of amides is 3. The molecular formula is C22H24N6O2. The molecule has 0 spiro atoms. The Morgan fingerprint density at radius 3 is 2.83 bits per heavy atom. The first-order valence-electron chi connectivity index (χ1n) is 9.83. The molecule has 0 bridgehead atoms. The number of nitriles is 1. The van der Waals surface area contributed by atoms with Gasteiger partial charge >= 0.3 is 6.03 Å². The van der Waals surface area contributed by atoms with E-state index in [2.05, 4.69) is 27.5 Å². The predicted molar refractivity (Wildman–Crippen MR) is 115 cm³/mol. The van der Waals surface area contributed by atoms with E-state index in [1.54, 1.807) is 36.4 Å². The highest BCUT2D eigenvalue weighted by Crippen LogP contribution is 2.18. The maximum Gasteiger partial charge on any atom is 0.319 e. The van der Waals surface area contributed by atoms with Crippen LogP contribution < -0.4 is 16.4 Å². The number of nitrogens with two attached hydrogens (primary N) is 1. The fraction of sp³-hybridized carbons (Fsp3) is 0.273. The number of aryl methyl sites for hydroxylation is 1. The lowest BCUT2D eigenvalue weighted by Gasteiger charge is -2.16. The summed E-state index contributed by atoms with van der Waals surface area (Å²) in [5.41, 5.74) is 8.90. The fourth-order valence-corrected chi connectivity index (χ4v) is 3.15. The number of benzene rings is 2. The maximum absolute atomic E-state index is 12.4. The molecule has 0 fully saturated rings. The van der Waals surface area contributed by atoms with Crippen LogP contribution in [0.1, 0.15) is 36.7 Å². The zero-order valence-electron chi connectivity index (χ0n) is 16.7. The highest BCUT2D eigenvalue weighted by atomic mass is 16.2. The smallest absolute Gasteiger partial charge is 0.319 e. The van der Waals surface area contributed by atoms with Crippen LogP contribution in [0.25, 0.3) is 11.0 Å². The van der Waals surface area contributed by atoms with Crippen LogP contribution in [-0.2, 0) is 17.6 Å². The largest absolute Gasteiger partial charge is 0.368 e. The van der Waals surface area contributed by atoms with Crippen molar-refractivity contribution >= 4 is 28.7 Å². The summed E-state index contributed by atoms with van der Waals surface area (Å²) in [5, 5.41) is 14.3. The number of primary amides is 1. The average Bonchev–Trinajstić information content (AvgIpc) is 3.14. The molecule has 30 heavy (non-hydrogen) atoms. The third-order valence-electron chi connectivity index (χ3n) is 4.70. The van der Waals surface area contributed by atoms with Crippen molar-refractivity contribution in [2.24, 2.45) is 5.73 Å². The van der Waals surface area contributed by atoms with E-state index in [4.69, 9.17) is 11.0 Å². The number of nitrogens with zero attached hydrogens (tertiary/aromatic N) is 2. The van der Waals surface area contributed by atoms with Crippen molar-refractivity contribution in [3.8, 4) is 6.07 Å². The van der Waals surface area contributed by atoms with Crippen LogP contribution in [0.3, 0.4) is 0 Å². The quantitative estimate of drug-likeness (QED) is 0.459. The van der Waals surface area contributed by atoms with E-state index >= 15 is 0 Å². The van der Waals surface area contributed by atoms with Crippen molar-refractivity contribution in [3.05, 3.63) is 59.4 Å². The molecule has 3 aromatic rings. The normalized spacial score (nSPS) is 11.6. The van der Waals surface area contributed by atoms with Gasteiger partial charge in [-0.3, -0.25) is 4.79 Å². The van der Waals surface area contributed by atoms with Gasteiger partial charge in [-0.15, -0.1) is 0 Å². The first kappa shape index (κ1) is 20.9. The maximum atomic E-state index is 12.4. The van der Waals surface area contributed by atoms with E-state index in [-0.39, 0.29) is 6.42 Å². The Bertz CT molecular complexity index is 1100. The minimum absolute atomic E-state index is 0.193. The van der Waals surface area contributed by atoms with Gasteiger partial charge in [0.25, 0.3) is 0 Å². The molecule has 5 N–H and O–H groups in total. The second-order valence-corrected chi connectivity index (χ2v) is 7.09. The molecule has 0 aliphatic heterocycles. The van der Waals surface area contributed by atoms with Crippen molar-refractivity contribution in [1.29, 1.82) is 5.26 Å². The average molecular weight is 404 g/mol. The standard InChI is InChI=1S/C22H24N6O2/c1-2-3-7-20-26-17-9-8-16(12-18(17)27-20)25-22(30)28-19(21(24)29)11-14-5-4-6-15(10-14)13-23/h4-6,8-10,12,19H,2-3,7,11H2,1H3,(H2,24,29)(H,26,27)(H2,25,28,30)/t19-/m0/s1. The molecule has 0 unspecified atom stereocenters. The van der Waals surface area contributed by atoms with Gasteiger partial charge in [-0.2, -0.15) is 5.26 Å². The lowest BCUT2D eigenvalue weighted by atomic mass is 10.0. The molecule has 1 atom stereocenters. The number of fused-ring (bicyclic) bond motifs is 1. The minimum atomic E-state index is -0.907. The van der Waals surface area contributed by atoms with E-state index in [9.17, 15) is 9.59 Å². The Morgan fingerprint density at radius 2 is 2.10 bits per heavy atom. The number of carbonyl (C=O) groups is 2. The summed E-state index contributed by atoms with van der Waals surface area (Å²) >= 11 is 0. The van der Waals surface area contributed by atoms with Crippen molar-refractivity contribution in [2.75, 3.05) is 5.32 Å². The highest BCUT2D eigenvalue weighted by Gasteiger charge is 2.19. The second-order valence-electron chi connectivity index (χ2n) is 7.09. The molecule has 3 rings (SSSR count). The lowest BCUT2D eigenvalue weighted by Crippen LogP contribution is -2.47. The SMILES string of the molecule is CCCCc1nc2ccc(NC(=O)N[C@@H](Cc3cccc(C#N)c3)C(N)=O)cc2[nH]1. The summed E-state index contributed by atoms with van der Waals surface area (Å²) in [7, 11) is 0. The Kier molecular flexibility index (Phi) is 6.65. The molecule has 2 aromatic carbocycles. The summed E-state index contributed by atoms with van der Waals surface area (Å²) in [6.45, 7) is 2.13. The number of nitrogens with one attached hydrogen (secondary N) is 3. The van der Waals surface area contributed by atoms with Crippen molar-refractivity contribution in [1.82, 2.24) is 15.3 Å². The van der Waals surface area contributed by atoms with Crippen LogP contribution in [0.15, 0.2) is 42.5 Å². The van der Waals surface area contributed by atoms with Gasteiger partial charge in [0, 0.05) is 18.5 Å². The van der Waals surface area contributed by atoms with E-state index < -0.39 is 18.0 Å². The number of unbranched alkanes of at least 4 members (excludes halogenated alkanes) is 1. The summed E-state index contributed by atoms with van der Waals surface area (Å²) in [6, 6.07) is 12.8. The summed E-state index contributed by atoms with van der Waals surface area (Å²) in [4.78, 5) is 32.0. The number of aromatic amines is 1. The van der Waals surface area contributed by atoms with Gasteiger partial charge in [0.1, 0.15) is 11.9 Å². The van der Waals surface area contributed by atoms with Gasteiger partial charge in [-0.05, 0) is 42.3 Å². The molecule has 8 nitrogen and oxygen atoms in total. The number of hydrogen-bond donors (Lipinski definition) is 4. The van der Waals surface area contributed by atoms with Crippen LogP contribution in [0, 0.1) is 11.3 Å². The van der Waals surface area contributed by atoms with E-state index in [1.807, 2.05) is 12.1 Å². The zero-order valence-corrected chi connectivity index (χ0v) is 16.7. The number of aromatic nitrogens is 2. The second kappa shape index (κ2) is 9.56. The number of urea groups is 1. The van der Waals surface area contributed by atoms with Crippen molar-refractivity contribution in [2.45, 2.75) is 38.6 Å². The monoisotopic (exact) mass is 404 g/mol. The van der Waals surface area contributed by atoms with E-state index in [0.717, 1.165) is 41.7 Å². The van der Waals surface area contributed by atoms with Crippen LogP contribution in [0.2, 0.25) is 0 Å². The van der Waals surface area contributed by atoms with Gasteiger partial charge in [-0.1, -0.05) is 25.5 Å². The molecular weight excluding hydrogens is 380 g/mol. The number of hydrogen-bond acceptors (Lipinski definition) is 4. The Morgan fingerprint density at radius 1 is 1.27 bits per heavy atom. The van der Waals surface area contributed by atoms with Gasteiger partial charge in [0.05, 0.1) is 22.7 Å². The molecule has 0 aliphatic rings. The Labute approximate surface area is 174 Å². The number of imidazole rings is 1. The molecule has 0 radical (unpaired) electrons. The van der Waals surface area contributed by atoms with Gasteiger partial charge in [-0.25, -0.2) is 9.78 Å². The first-order chi connectivity index (χ1) is 14.5. The fourth-order valence-electron chi connectivity index (χ4n) is 3.15. The Hall–Kier alpha value is -3.86. The third kappa shape index (κ3) is 5.35. The number of carbonyl (C=O) groups excluding carboxylic acids is 2. The molecule has 3 amide bonds. The van der Waals surface area contributed by atoms with Gasteiger partial charge < -0.3 is 21.4 Å². The van der Waals surface area contributed by atoms with Crippen LogP contribution in [-0.4, -0.2) is 27.9 Å². The predicted octanol–water partition coefficient (Wildman–Crippen LogP) is 3.00. The minimum Gasteiger partial charge on any atom is -0.368 e. The molecule has 154 valence electrons. The Balaban J connectivity index is 1.66. The lowest BCUT2D eigenvalue weighted by molar-refractivity contribution is -0.119. The van der Waals surface area contributed by atoms with E-state index in [1.165, 1.54) is 0 Å². The molecule has 0 saturated carbocycles. The topological polar surface area (TPSA) is 137 Å². The number of rotatable bonds is 8. The van der Waals surface area contributed by atoms with Crippen LogP contribution in [0.5, 0.6) is 0 Å². The van der Waals surface area contributed by atoms with Crippen molar-refractivity contribution in [3.63, 3.8) is 0 Å². The highest BCUT2D eigenvalue weighted by molar-refractivity contribution is 5.95. The molecule has 1 aromatic heterocycles.